The molecule has 0 aliphatic heterocycles. The SMILES string of the molecule is Cc1nc2ccccn2c1COC(=O)c1ccccc1F. The summed E-state index contributed by atoms with van der Waals surface area (Å²) in [5.41, 5.74) is 2.27. The third-order valence-electron chi connectivity index (χ3n) is 3.26. The number of ether oxygens (including phenoxy) is 1. The largest absolute Gasteiger partial charge is 0.455 e. The lowest BCUT2D eigenvalue weighted by atomic mass is 10.2. The quantitative estimate of drug-likeness (QED) is 0.694. The number of nitrogens with zero attached hydrogens (tertiary/aromatic N) is 2. The van der Waals surface area contributed by atoms with Gasteiger partial charge < -0.3 is 9.14 Å². The molecule has 106 valence electrons. The number of carbonyl (C=O) groups is 1. The van der Waals surface area contributed by atoms with Gasteiger partial charge in [0.15, 0.2) is 0 Å². The molecule has 1 aromatic carbocycles. The van der Waals surface area contributed by atoms with Crippen molar-refractivity contribution in [2.75, 3.05) is 0 Å². The van der Waals surface area contributed by atoms with Gasteiger partial charge in [0.1, 0.15) is 18.1 Å². The molecule has 0 saturated heterocycles. The summed E-state index contributed by atoms with van der Waals surface area (Å²) in [7, 11) is 0. The number of carbonyl (C=O) groups excluding carboxylic acids is 1. The normalized spacial score (nSPS) is 10.8. The summed E-state index contributed by atoms with van der Waals surface area (Å²) >= 11 is 0. The van der Waals surface area contributed by atoms with Crippen LogP contribution in [0.15, 0.2) is 48.7 Å². The highest BCUT2D eigenvalue weighted by Gasteiger charge is 2.15. The van der Waals surface area contributed by atoms with Gasteiger partial charge in [0.2, 0.25) is 0 Å². The number of hydrogen-bond donors (Lipinski definition) is 0. The van der Waals surface area contributed by atoms with Crippen LogP contribution in [0.3, 0.4) is 0 Å². The molecule has 5 heteroatoms. The van der Waals surface area contributed by atoms with Crippen LogP contribution in [-0.4, -0.2) is 15.4 Å². The first-order valence-corrected chi connectivity index (χ1v) is 6.51. The lowest BCUT2D eigenvalue weighted by Crippen LogP contribution is -2.09. The van der Waals surface area contributed by atoms with Crippen LogP contribution in [0.25, 0.3) is 5.65 Å². The third-order valence-corrected chi connectivity index (χ3v) is 3.26. The van der Waals surface area contributed by atoms with E-state index in [1.54, 1.807) is 6.07 Å². The fraction of sp³-hybridized carbons (Fsp3) is 0.125. The Labute approximate surface area is 120 Å². The molecule has 0 aliphatic rings. The van der Waals surface area contributed by atoms with Crippen LogP contribution in [0.4, 0.5) is 4.39 Å². The molecule has 0 spiro atoms. The predicted octanol–water partition coefficient (Wildman–Crippen LogP) is 3.14. The lowest BCUT2D eigenvalue weighted by Gasteiger charge is -2.06. The molecule has 3 rings (SSSR count). The molecule has 0 radical (unpaired) electrons. The van der Waals surface area contributed by atoms with Crippen molar-refractivity contribution in [2.45, 2.75) is 13.5 Å². The van der Waals surface area contributed by atoms with Gasteiger partial charge >= 0.3 is 5.97 Å². The summed E-state index contributed by atoms with van der Waals surface area (Å²) in [4.78, 5) is 16.3. The van der Waals surface area contributed by atoms with E-state index < -0.39 is 11.8 Å². The Morgan fingerprint density at radius 1 is 1.24 bits per heavy atom. The van der Waals surface area contributed by atoms with E-state index in [0.717, 1.165) is 17.0 Å². The van der Waals surface area contributed by atoms with E-state index in [-0.39, 0.29) is 12.2 Å². The van der Waals surface area contributed by atoms with Gasteiger partial charge in [-0.2, -0.15) is 0 Å². The highest BCUT2D eigenvalue weighted by molar-refractivity contribution is 5.89. The summed E-state index contributed by atoms with van der Waals surface area (Å²) in [5, 5.41) is 0. The van der Waals surface area contributed by atoms with Crippen molar-refractivity contribution in [3.63, 3.8) is 0 Å². The monoisotopic (exact) mass is 284 g/mol. The van der Waals surface area contributed by atoms with Crippen LogP contribution in [-0.2, 0) is 11.3 Å². The zero-order chi connectivity index (χ0) is 14.8. The van der Waals surface area contributed by atoms with Gasteiger partial charge in [-0.3, -0.25) is 0 Å². The van der Waals surface area contributed by atoms with Crippen molar-refractivity contribution in [3.8, 4) is 0 Å². The first kappa shape index (κ1) is 13.3. The van der Waals surface area contributed by atoms with E-state index in [1.165, 1.54) is 18.2 Å². The number of esters is 1. The second-order valence-electron chi connectivity index (χ2n) is 4.63. The minimum absolute atomic E-state index is 0.0458. The maximum absolute atomic E-state index is 13.5. The van der Waals surface area contributed by atoms with Crippen LogP contribution in [0.1, 0.15) is 21.7 Å². The Morgan fingerprint density at radius 3 is 2.81 bits per heavy atom. The number of halogens is 1. The van der Waals surface area contributed by atoms with Crippen molar-refractivity contribution < 1.29 is 13.9 Å². The molecule has 21 heavy (non-hydrogen) atoms. The Balaban J connectivity index is 1.82. The van der Waals surface area contributed by atoms with Gasteiger partial charge in [-0.15, -0.1) is 0 Å². The molecule has 0 unspecified atom stereocenters. The molecular formula is C16H13FN2O2. The van der Waals surface area contributed by atoms with Gasteiger partial charge in [0.05, 0.1) is 17.0 Å². The fourth-order valence-electron chi connectivity index (χ4n) is 2.18. The van der Waals surface area contributed by atoms with Crippen LogP contribution < -0.4 is 0 Å². The summed E-state index contributed by atoms with van der Waals surface area (Å²) in [6, 6.07) is 11.4. The summed E-state index contributed by atoms with van der Waals surface area (Å²) in [6.45, 7) is 1.89. The minimum atomic E-state index is -0.682. The molecule has 3 aromatic rings. The smallest absolute Gasteiger partial charge is 0.341 e. The van der Waals surface area contributed by atoms with Crippen LogP contribution in [0.5, 0.6) is 0 Å². The topological polar surface area (TPSA) is 43.6 Å². The van der Waals surface area contributed by atoms with Gasteiger partial charge in [0, 0.05) is 6.20 Å². The van der Waals surface area contributed by atoms with E-state index in [9.17, 15) is 9.18 Å². The number of imidazole rings is 1. The minimum Gasteiger partial charge on any atom is -0.455 e. The maximum atomic E-state index is 13.5. The summed E-state index contributed by atoms with van der Waals surface area (Å²) in [6.07, 6.45) is 1.85. The second-order valence-corrected chi connectivity index (χ2v) is 4.63. The first-order chi connectivity index (χ1) is 10.2. The van der Waals surface area contributed by atoms with E-state index in [0.29, 0.717) is 0 Å². The highest BCUT2D eigenvalue weighted by atomic mass is 19.1. The number of aryl methyl sites for hydroxylation is 1. The number of hydrogen-bond acceptors (Lipinski definition) is 3. The van der Waals surface area contributed by atoms with Gasteiger partial charge in [-0.05, 0) is 31.2 Å². The van der Waals surface area contributed by atoms with Gasteiger partial charge in [-0.25, -0.2) is 14.2 Å². The average molecular weight is 284 g/mol. The van der Waals surface area contributed by atoms with Gasteiger partial charge in [0.25, 0.3) is 0 Å². The molecule has 0 saturated carbocycles. The molecule has 2 heterocycles. The Hall–Kier alpha value is -2.69. The lowest BCUT2D eigenvalue weighted by molar-refractivity contribution is 0.0461. The second kappa shape index (κ2) is 5.36. The Kier molecular flexibility index (Phi) is 3.39. The zero-order valence-corrected chi connectivity index (χ0v) is 11.4. The van der Waals surface area contributed by atoms with E-state index in [2.05, 4.69) is 4.98 Å². The molecule has 0 aliphatic carbocycles. The number of pyridine rings is 1. The number of fused-ring (bicyclic) bond motifs is 1. The van der Waals surface area contributed by atoms with Crippen LogP contribution in [0.2, 0.25) is 0 Å². The summed E-state index contributed by atoms with van der Waals surface area (Å²) in [5.74, 6) is -1.27. The van der Waals surface area contributed by atoms with Crippen LogP contribution in [0, 0.1) is 12.7 Å². The average Bonchev–Trinajstić information content (AvgIpc) is 2.81. The maximum Gasteiger partial charge on any atom is 0.341 e. The van der Waals surface area contributed by atoms with Gasteiger partial charge in [-0.1, -0.05) is 18.2 Å². The molecule has 0 fully saturated rings. The van der Waals surface area contributed by atoms with Crippen molar-refractivity contribution in [3.05, 3.63) is 71.4 Å². The molecule has 0 N–H and O–H groups in total. The molecule has 0 bridgehead atoms. The van der Waals surface area contributed by atoms with Crippen molar-refractivity contribution >= 4 is 11.6 Å². The standard InChI is InChI=1S/C16H13FN2O2/c1-11-14(19-9-5-4-8-15(19)18-11)10-21-16(20)12-6-2-3-7-13(12)17/h2-9H,10H2,1H3. The summed E-state index contributed by atoms with van der Waals surface area (Å²) < 4.78 is 20.6. The third kappa shape index (κ3) is 2.50. The van der Waals surface area contributed by atoms with E-state index >= 15 is 0 Å². The zero-order valence-electron chi connectivity index (χ0n) is 11.4. The van der Waals surface area contributed by atoms with Crippen molar-refractivity contribution in [2.24, 2.45) is 0 Å². The van der Waals surface area contributed by atoms with Crippen molar-refractivity contribution in [1.82, 2.24) is 9.38 Å². The van der Waals surface area contributed by atoms with Crippen LogP contribution >= 0.6 is 0 Å². The molecule has 0 atom stereocenters. The Bertz CT molecular complexity index is 811. The first-order valence-electron chi connectivity index (χ1n) is 6.51. The molecule has 0 amide bonds. The number of benzene rings is 1. The van der Waals surface area contributed by atoms with Crippen molar-refractivity contribution in [1.29, 1.82) is 0 Å². The molecular weight excluding hydrogens is 271 g/mol. The van der Waals surface area contributed by atoms with E-state index in [1.807, 2.05) is 35.7 Å². The number of aromatic nitrogens is 2. The Morgan fingerprint density at radius 2 is 2.00 bits per heavy atom. The number of rotatable bonds is 3. The fourth-order valence-corrected chi connectivity index (χ4v) is 2.18. The molecule has 2 aromatic heterocycles. The molecule has 4 nitrogen and oxygen atoms in total. The highest BCUT2D eigenvalue weighted by Crippen LogP contribution is 2.14. The predicted molar refractivity (Wildman–Crippen MR) is 75.4 cm³/mol. The van der Waals surface area contributed by atoms with E-state index in [4.69, 9.17) is 4.74 Å².